The van der Waals surface area contributed by atoms with Crippen LogP contribution in [-0.2, 0) is 9.53 Å². The molecule has 1 aromatic carbocycles. The van der Waals surface area contributed by atoms with Crippen LogP contribution in [0.4, 0.5) is 14.5 Å². The molecule has 0 aliphatic carbocycles. The zero-order valence-electron chi connectivity index (χ0n) is 9.62. The number of carbonyl (C=O) groups is 1. The quantitative estimate of drug-likeness (QED) is 0.661. The van der Waals surface area contributed by atoms with E-state index in [1.165, 1.54) is 12.1 Å². The van der Waals surface area contributed by atoms with Crippen LogP contribution in [0.2, 0.25) is 5.02 Å². The summed E-state index contributed by atoms with van der Waals surface area (Å²) in [6, 6.07) is 6.17. The number of allylic oxidation sites excluding steroid dienone is 1. The van der Waals surface area contributed by atoms with Gasteiger partial charge in [-0.05, 0) is 31.2 Å². The van der Waals surface area contributed by atoms with Crippen LogP contribution in [0.5, 0.6) is 0 Å². The van der Waals surface area contributed by atoms with E-state index in [2.05, 4.69) is 10.1 Å². The lowest BCUT2D eigenvalue weighted by atomic mass is 10.3. The van der Waals surface area contributed by atoms with Crippen molar-refractivity contribution in [1.82, 2.24) is 0 Å². The molecule has 0 spiro atoms. The van der Waals surface area contributed by atoms with Gasteiger partial charge in [-0.3, -0.25) is 0 Å². The predicted molar refractivity (Wildman–Crippen MR) is 65.8 cm³/mol. The molecule has 0 fully saturated rings. The van der Waals surface area contributed by atoms with Crippen molar-refractivity contribution < 1.29 is 18.3 Å². The summed E-state index contributed by atoms with van der Waals surface area (Å²) < 4.78 is 30.0. The highest BCUT2D eigenvalue weighted by molar-refractivity contribution is 6.30. The van der Waals surface area contributed by atoms with Crippen molar-refractivity contribution >= 4 is 23.3 Å². The average Bonchev–Trinajstić information content (AvgIpc) is 2.31. The number of ether oxygens (including phenoxy) is 1. The first-order valence-corrected chi connectivity index (χ1v) is 5.59. The molecule has 0 aliphatic rings. The maximum atomic E-state index is 12.7. The summed E-state index contributed by atoms with van der Waals surface area (Å²) in [7, 11) is 0. The van der Waals surface area contributed by atoms with E-state index in [4.69, 9.17) is 11.6 Å². The monoisotopic (exact) mass is 275 g/mol. The van der Waals surface area contributed by atoms with Crippen molar-refractivity contribution in [3.63, 3.8) is 0 Å². The van der Waals surface area contributed by atoms with E-state index in [1.54, 1.807) is 19.1 Å². The van der Waals surface area contributed by atoms with E-state index >= 15 is 0 Å². The highest BCUT2D eigenvalue weighted by Crippen LogP contribution is 2.18. The van der Waals surface area contributed by atoms with Gasteiger partial charge >= 0.3 is 5.97 Å². The van der Waals surface area contributed by atoms with Crippen LogP contribution >= 0.6 is 11.6 Å². The van der Waals surface area contributed by atoms with Crippen molar-refractivity contribution in [3.05, 3.63) is 41.1 Å². The third-order valence-corrected chi connectivity index (χ3v) is 2.18. The smallest absolute Gasteiger partial charge is 0.332 e. The minimum atomic E-state index is -2.80. The third kappa shape index (κ3) is 4.71. The first kappa shape index (κ1) is 14.4. The molecule has 3 nitrogen and oxygen atoms in total. The van der Waals surface area contributed by atoms with E-state index < -0.39 is 18.1 Å². The fourth-order valence-corrected chi connectivity index (χ4v) is 1.29. The number of rotatable bonds is 5. The number of halogens is 3. The number of benzene rings is 1. The van der Waals surface area contributed by atoms with Gasteiger partial charge < -0.3 is 10.1 Å². The van der Waals surface area contributed by atoms with Gasteiger partial charge in [0.1, 0.15) is 0 Å². The molecule has 0 saturated carbocycles. The standard InChI is InChI=1S/C12H12ClF2NO2/c1-2-18-11(17)7-10(12(14)15)16-9-5-3-8(13)4-6-9/h3-7,12,16H,2H2,1H3. The van der Waals surface area contributed by atoms with Gasteiger partial charge in [-0.2, -0.15) is 0 Å². The molecule has 1 rings (SSSR count). The Labute approximate surface area is 108 Å². The fraction of sp³-hybridized carbons (Fsp3) is 0.250. The summed E-state index contributed by atoms with van der Waals surface area (Å²) in [6.07, 6.45) is -2.06. The molecule has 0 unspecified atom stereocenters. The lowest BCUT2D eigenvalue weighted by Crippen LogP contribution is -2.12. The second kappa shape index (κ2) is 6.96. The lowest BCUT2D eigenvalue weighted by molar-refractivity contribution is -0.137. The molecule has 0 amide bonds. The number of hydrogen-bond acceptors (Lipinski definition) is 3. The molecular weight excluding hydrogens is 264 g/mol. The van der Waals surface area contributed by atoms with Gasteiger partial charge in [0.25, 0.3) is 6.43 Å². The Morgan fingerprint density at radius 2 is 2.06 bits per heavy atom. The SMILES string of the molecule is CCOC(=O)C=C(Nc1ccc(Cl)cc1)C(F)F. The van der Waals surface area contributed by atoms with Crippen molar-refractivity contribution in [2.24, 2.45) is 0 Å². The molecule has 6 heteroatoms. The van der Waals surface area contributed by atoms with Gasteiger partial charge in [0.05, 0.1) is 12.3 Å². The third-order valence-electron chi connectivity index (χ3n) is 1.93. The van der Waals surface area contributed by atoms with E-state index in [0.29, 0.717) is 10.7 Å². The summed E-state index contributed by atoms with van der Waals surface area (Å²) in [5.41, 5.74) is -0.106. The van der Waals surface area contributed by atoms with Gasteiger partial charge in [-0.15, -0.1) is 0 Å². The number of alkyl halides is 2. The van der Waals surface area contributed by atoms with Crippen LogP contribution < -0.4 is 5.32 Å². The molecule has 0 radical (unpaired) electrons. The first-order chi connectivity index (χ1) is 8.52. The molecule has 1 N–H and O–H groups in total. The normalized spacial score (nSPS) is 11.5. The predicted octanol–water partition coefficient (Wildman–Crippen LogP) is 3.46. The van der Waals surface area contributed by atoms with Gasteiger partial charge in [0.2, 0.25) is 0 Å². The van der Waals surface area contributed by atoms with Crippen LogP contribution in [0.1, 0.15) is 6.92 Å². The van der Waals surface area contributed by atoms with Crippen molar-refractivity contribution in [2.75, 3.05) is 11.9 Å². The highest BCUT2D eigenvalue weighted by atomic mass is 35.5. The zero-order chi connectivity index (χ0) is 13.5. The molecule has 1 aromatic rings. The molecule has 0 bridgehead atoms. The minimum absolute atomic E-state index is 0.132. The minimum Gasteiger partial charge on any atom is -0.463 e. The average molecular weight is 276 g/mol. The molecule has 0 atom stereocenters. The topological polar surface area (TPSA) is 38.3 Å². The second-order valence-corrected chi connectivity index (χ2v) is 3.72. The lowest BCUT2D eigenvalue weighted by Gasteiger charge is -2.10. The van der Waals surface area contributed by atoms with Gasteiger partial charge in [-0.1, -0.05) is 11.6 Å². The second-order valence-electron chi connectivity index (χ2n) is 3.28. The summed E-state index contributed by atoms with van der Waals surface area (Å²) in [6.45, 7) is 1.73. The highest BCUT2D eigenvalue weighted by Gasteiger charge is 2.13. The maximum Gasteiger partial charge on any atom is 0.332 e. The van der Waals surface area contributed by atoms with Crippen LogP contribution in [0.3, 0.4) is 0 Å². The summed E-state index contributed by atoms with van der Waals surface area (Å²) >= 11 is 5.67. The molecule has 98 valence electrons. The Balaban J connectivity index is 2.80. The molecular formula is C12H12ClF2NO2. The van der Waals surface area contributed by atoms with Crippen molar-refractivity contribution in [1.29, 1.82) is 0 Å². The van der Waals surface area contributed by atoms with Crippen LogP contribution in [-0.4, -0.2) is 19.0 Å². The van der Waals surface area contributed by atoms with Gasteiger partial charge in [0.15, 0.2) is 0 Å². The summed E-state index contributed by atoms with van der Waals surface area (Å²) in [5, 5.41) is 2.94. The Morgan fingerprint density at radius 1 is 1.44 bits per heavy atom. The number of esters is 1. The summed E-state index contributed by atoms with van der Waals surface area (Å²) in [4.78, 5) is 11.1. The Hall–Kier alpha value is -1.62. The van der Waals surface area contributed by atoms with E-state index in [9.17, 15) is 13.6 Å². The first-order valence-electron chi connectivity index (χ1n) is 5.22. The molecule has 0 saturated heterocycles. The molecule has 0 aromatic heterocycles. The number of nitrogens with one attached hydrogen (secondary N) is 1. The van der Waals surface area contributed by atoms with Gasteiger partial charge in [0, 0.05) is 16.8 Å². The molecule has 0 aliphatic heterocycles. The van der Waals surface area contributed by atoms with E-state index in [0.717, 1.165) is 6.08 Å². The zero-order valence-corrected chi connectivity index (χ0v) is 10.4. The van der Waals surface area contributed by atoms with Crippen LogP contribution in [0, 0.1) is 0 Å². The van der Waals surface area contributed by atoms with Crippen molar-refractivity contribution in [2.45, 2.75) is 13.3 Å². The van der Waals surface area contributed by atoms with Gasteiger partial charge in [-0.25, -0.2) is 13.6 Å². The number of carbonyl (C=O) groups excluding carboxylic acids is 1. The molecule has 0 heterocycles. The van der Waals surface area contributed by atoms with Crippen LogP contribution in [0.25, 0.3) is 0 Å². The summed E-state index contributed by atoms with van der Waals surface area (Å²) in [5.74, 6) is -0.811. The Kier molecular flexibility index (Phi) is 5.58. The number of hydrogen-bond donors (Lipinski definition) is 1. The maximum absolute atomic E-state index is 12.7. The van der Waals surface area contributed by atoms with E-state index in [1.807, 2.05) is 0 Å². The van der Waals surface area contributed by atoms with E-state index in [-0.39, 0.29) is 6.61 Å². The van der Waals surface area contributed by atoms with Crippen molar-refractivity contribution in [3.8, 4) is 0 Å². The fourth-order valence-electron chi connectivity index (χ4n) is 1.16. The Bertz CT molecular complexity index is 432. The largest absolute Gasteiger partial charge is 0.463 e. The Morgan fingerprint density at radius 3 is 2.56 bits per heavy atom. The molecule has 18 heavy (non-hydrogen) atoms. The number of anilines is 1. The van der Waals surface area contributed by atoms with Crippen LogP contribution in [0.15, 0.2) is 36.0 Å².